The molecule has 7 heteroatoms. The minimum atomic E-state index is -4.03. The predicted molar refractivity (Wildman–Crippen MR) is 59.3 cm³/mol. The van der Waals surface area contributed by atoms with Crippen LogP contribution in [0, 0.1) is 5.82 Å². The minimum Gasteiger partial charge on any atom is -0.487 e. The molecule has 1 aromatic carbocycles. The fourth-order valence-corrected chi connectivity index (χ4v) is 2.53. The van der Waals surface area contributed by atoms with Gasteiger partial charge in [-0.15, -0.1) is 0 Å². The highest BCUT2D eigenvalue weighted by molar-refractivity contribution is 8.13. The van der Waals surface area contributed by atoms with Gasteiger partial charge in [-0.1, -0.05) is 0 Å². The third kappa shape index (κ3) is 3.08. The summed E-state index contributed by atoms with van der Waals surface area (Å²) in [4.78, 5) is -0.355. The van der Waals surface area contributed by atoms with Gasteiger partial charge in [0.25, 0.3) is 9.05 Å². The van der Waals surface area contributed by atoms with Gasteiger partial charge in [-0.3, -0.25) is 0 Å². The van der Waals surface area contributed by atoms with Crippen LogP contribution < -0.4 is 4.74 Å². The van der Waals surface area contributed by atoms with Gasteiger partial charge in [0, 0.05) is 17.1 Å². The second-order valence-electron chi connectivity index (χ2n) is 3.63. The number of rotatable bonds is 3. The van der Waals surface area contributed by atoms with Crippen LogP contribution in [0.2, 0.25) is 0 Å². The Bertz CT molecular complexity index is 511. The summed E-state index contributed by atoms with van der Waals surface area (Å²) in [5, 5.41) is 0. The Kier molecular flexibility index (Phi) is 3.56. The van der Waals surface area contributed by atoms with Crippen molar-refractivity contribution in [2.75, 3.05) is 13.2 Å². The molecule has 0 spiro atoms. The molecule has 0 amide bonds. The zero-order valence-electron chi connectivity index (χ0n) is 8.73. The van der Waals surface area contributed by atoms with Crippen LogP contribution in [0.3, 0.4) is 0 Å². The lowest BCUT2D eigenvalue weighted by molar-refractivity contribution is 0.139. The summed E-state index contributed by atoms with van der Waals surface area (Å²) < 4.78 is 46.1. The number of ether oxygens (including phenoxy) is 2. The molecular formula is C10H10ClFO4S. The Hall–Kier alpha value is -0.850. The Morgan fingerprint density at radius 2 is 2.24 bits per heavy atom. The van der Waals surface area contributed by atoms with Crippen LogP contribution >= 0.6 is 10.7 Å². The van der Waals surface area contributed by atoms with Crippen LogP contribution in [0.25, 0.3) is 0 Å². The molecular weight excluding hydrogens is 271 g/mol. The first-order valence-electron chi connectivity index (χ1n) is 4.95. The van der Waals surface area contributed by atoms with Crippen molar-refractivity contribution in [3.63, 3.8) is 0 Å². The molecule has 0 saturated carbocycles. The van der Waals surface area contributed by atoms with Gasteiger partial charge in [0.1, 0.15) is 22.6 Å². The molecule has 1 aliphatic heterocycles. The highest BCUT2D eigenvalue weighted by atomic mass is 35.7. The van der Waals surface area contributed by atoms with Gasteiger partial charge in [-0.05, 0) is 18.2 Å². The van der Waals surface area contributed by atoms with Crippen LogP contribution in [0.15, 0.2) is 23.1 Å². The van der Waals surface area contributed by atoms with Gasteiger partial charge in [-0.2, -0.15) is 0 Å². The quantitative estimate of drug-likeness (QED) is 0.794. The highest BCUT2D eigenvalue weighted by Crippen LogP contribution is 2.29. The lowest BCUT2D eigenvalue weighted by atomic mass is 10.3. The lowest BCUT2D eigenvalue weighted by Crippen LogP contribution is -2.17. The zero-order valence-corrected chi connectivity index (χ0v) is 10.3. The molecule has 0 radical (unpaired) electrons. The topological polar surface area (TPSA) is 52.6 Å². The van der Waals surface area contributed by atoms with Gasteiger partial charge in [0.2, 0.25) is 0 Å². The normalized spacial score (nSPS) is 20.5. The van der Waals surface area contributed by atoms with Crippen molar-refractivity contribution in [2.45, 2.75) is 17.4 Å². The van der Waals surface area contributed by atoms with Crippen LogP contribution in [-0.4, -0.2) is 27.7 Å². The average Bonchev–Trinajstić information content (AvgIpc) is 2.72. The van der Waals surface area contributed by atoms with E-state index in [0.29, 0.717) is 19.6 Å². The van der Waals surface area contributed by atoms with Gasteiger partial charge in [-0.25, -0.2) is 12.8 Å². The average molecular weight is 281 g/mol. The summed E-state index contributed by atoms with van der Waals surface area (Å²) in [6.07, 6.45) is 0.441. The standard InChI is InChI=1S/C10H10ClFO4S/c11-17(13,14)10-5-7(12)1-2-9(10)16-8-3-4-15-6-8/h1-2,5,8H,3-4,6H2. The molecule has 0 bridgehead atoms. The van der Waals surface area contributed by atoms with Gasteiger partial charge < -0.3 is 9.47 Å². The molecule has 1 aromatic rings. The molecule has 94 valence electrons. The van der Waals surface area contributed by atoms with Crippen molar-refractivity contribution >= 4 is 19.7 Å². The molecule has 1 heterocycles. The summed E-state index contributed by atoms with van der Waals surface area (Å²) in [7, 11) is 1.18. The Morgan fingerprint density at radius 3 is 2.82 bits per heavy atom. The number of benzene rings is 1. The SMILES string of the molecule is O=S(=O)(Cl)c1cc(F)ccc1OC1CCOC1. The maximum atomic E-state index is 13.0. The van der Waals surface area contributed by atoms with E-state index in [0.717, 1.165) is 12.1 Å². The molecule has 0 aromatic heterocycles. The third-order valence-electron chi connectivity index (χ3n) is 2.35. The van der Waals surface area contributed by atoms with Gasteiger partial charge >= 0.3 is 0 Å². The number of hydrogen-bond acceptors (Lipinski definition) is 4. The van der Waals surface area contributed by atoms with E-state index >= 15 is 0 Å². The van der Waals surface area contributed by atoms with E-state index in [9.17, 15) is 12.8 Å². The summed E-state index contributed by atoms with van der Waals surface area (Å²) in [5.41, 5.74) is 0. The van der Waals surface area contributed by atoms with Crippen molar-refractivity contribution in [1.82, 2.24) is 0 Å². The third-order valence-corrected chi connectivity index (χ3v) is 3.69. The lowest BCUT2D eigenvalue weighted by Gasteiger charge is -2.14. The van der Waals surface area contributed by atoms with Gasteiger partial charge in [0.05, 0.1) is 13.2 Å². The smallest absolute Gasteiger partial charge is 0.265 e. The van der Waals surface area contributed by atoms with E-state index in [-0.39, 0.29) is 16.7 Å². The Balaban J connectivity index is 2.32. The van der Waals surface area contributed by atoms with Crippen molar-refractivity contribution < 1.29 is 22.3 Å². The van der Waals surface area contributed by atoms with E-state index in [4.69, 9.17) is 20.2 Å². The predicted octanol–water partition coefficient (Wildman–Crippen LogP) is 1.92. The Labute approximate surface area is 103 Å². The van der Waals surface area contributed by atoms with Crippen LogP contribution in [0.4, 0.5) is 4.39 Å². The molecule has 4 nitrogen and oxygen atoms in total. The molecule has 1 fully saturated rings. The summed E-state index contributed by atoms with van der Waals surface area (Å²) in [5.74, 6) is -0.629. The van der Waals surface area contributed by atoms with Crippen molar-refractivity contribution in [2.24, 2.45) is 0 Å². The summed E-state index contributed by atoms with van der Waals surface area (Å²) >= 11 is 0. The number of halogens is 2. The molecule has 0 N–H and O–H groups in total. The molecule has 1 aliphatic rings. The molecule has 1 atom stereocenters. The fraction of sp³-hybridized carbons (Fsp3) is 0.400. The second kappa shape index (κ2) is 4.80. The van der Waals surface area contributed by atoms with E-state index in [1.807, 2.05) is 0 Å². The van der Waals surface area contributed by atoms with E-state index in [2.05, 4.69) is 0 Å². The maximum Gasteiger partial charge on any atom is 0.265 e. The van der Waals surface area contributed by atoms with E-state index in [1.165, 1.54) is 6.07 Å². The molecule has 0 aliphatic carbocycles. The first kappa shape index (κ1) is 12.6. The zero-order chi connectivity index (χ0) is 12.5. The molecule has 1 unspecified atom stereocenters. The van der Waals surface area contributed by atoms with Crippen molar-refractivity contribution in [3.05, 3.63) is 24.0 Å². The molecule has 2 rings (SSSR count). The van der Waals surface area contributed by atoms with E-state index < -0.39 is 14.9 Å². The van der Waals surface area contributed by atoms with Crippen LogP contribution in [0.5, 0.6) is 5.75 Å². The van der Waals surface area contributed by atoms with Crippen LogP contribution in [-0.2, 0) is 13.8 Å². The maximum absolute atomic E-state index is 13.0. The highest BCUT2D eigenvalue weighted by Gasteiger charge is 2.23. The molecule has 1 saturated heterocycles. The fourth-order valence-electron chi connectivity index (χ4n) is 1.56. The van der Waals surface area contributed by atoms with Crippen molar-refractivity contribution in [3.8, 4) is 5.75 Å². The summed E-state index contributed by atoms with van der Waals surface area (Å²) in [6, 6.07) is 3.22. The van der Waals surface area contributed by atoms with Crippen molar-refractivity contribution in [1.29, 1.82) is 0 Å². The monoisotopic (exact) mass is 280 g/mol. The number of hydrogen-bond donors (Lipinski definition) is 0. The first-order valence-corrected chi connectivity index (χ1v) is 7.26. The van der Waals surface area contributed by atoms with E-state index in [1.54, 1.807) is 0 Å². The Morgan fingerprint density at radius 1 is 1.47 bits per heavy atom. The summed E-state index contributed by atoms with van der Waals surface area (Å²) in [6.45, 7) is 0.952. The molecule has 17 heavy (non-hydrogen) atoms. The second-order valence-corrected chi connectivity index (χ2v) is 6.17. The first-order chi connectivity index (χ1) is 7.97. The largest absolute Gasteiger partial charge is 0.487 e. The van der Waals surface area contributed by atoms with Crippen LogP contribution in [0.1, 0.15) is 6.42 Å². The van der Waals surface area contributed by atoms with Gasteiger partial charge in [0.15, 0.2) is 0 Å². The minimum absolute atomic E-state index is 0.0527.